The minimum atomic E-state index is -0.175. The van der Waals surface area contributed by atoms with Crippen LogP contribution in [0.5, 0.6) is 5.75 Å². The Bertz CT molecular complexity index is 864. The van der Waals surface area contributed by atoms with E-state index in [1.807, 2.05) is 45.3 Å². The number of amides is 2. The Balaban J connectivity index is 1.59. The second kappa shape index (κ2) is 8.89. The van der Waals surface area contributed by atoms with Crippen molar-refractivity contribution in [2.45, 2.75) is 25.9 Å². The van der Waals surface area contributed by atoms with Gasteiger partial charge in [0.2, 0.25) is 5.91 Å². The van der Waals surface area contributed by atoms with E-state index >= 15 is 0 Å². The molecule has 0 bridgehead atoms. The Kier molecular flexibility index (Phi) is 6.31. The van der Waals surface area contributed by atoms with Gasteiger partial charge in [0.05, 0.1) is 13.1 Å². The number of para-hydroxylation sites is 1. The van der Waals surface area contributed by atoms with Crippen molar-refractivity contribution in [1.82, 2.24) is 10.2 Å². The van der Waals surface area contributed by atoms with Crippen molar-refractivity contribution in [2.24, 2.45) is 0 Å². The predicted molar refractivity (Wildman–Crippen MR) is 110 cm³/mol. The minimum absolute atomic E-state index is 0.0384. The summed E-state index contributed by atoms with van der Waals surface area (Å²) in [4.78, 5) is 26.4. The predicted octanol–water partition coefficient (Wildman–Crippen LogP) is 2.62. The largest absolute Gasteiger partial charge is 0.488 e. The molecule has 2 amide bonds. The van der Waals surface area contributed by atoms with Crippen molar-refractivity contribution in [3.05, 3.63) is 59.2 Å². The van der Waals surface area contributed by atoms with E-state index in [1.54, 1.807) is 17.0 Å². The first-order valence-corrected chi connectivity index (χ1v) is 9.50. The Morgan fingerprint density at radius 1 is 1.18 bits per heavy atom. The molecule has 148 valence electrons. The van der Waals surface area contributed by atoms with Crippen molar-refractivity contribution < 1.29 is 14.3 Å². The molecule has 3 rings (SSSR count). The van der Waals surface area contributed by atoms with Gasteiger partial charge in [-0.15, -0.1) is 0 Å². The van der Waals surface area contributed by atoms with Gasteiger partial charge >= 0.3 is 0 Å². The summed E-state index contributed by atoms with van der Waals surface area (Å²) >= 11 is 0. The highest BCUT2D eigenvalue weighted by Gasteiger charge is 2.20. The average molecular weight is 381 g/mol. The Morgan fingerprint density at radius 3 is 2.75 bits per heavy atom. The van der Waals surface area contributed by atoms with Crippen molar-refractivity contribution >= 4 is 17.5 Å². The number of hydrogen-bond acceptors (Lipinski definition) is 4. The van der Waals surface area contributed by atoms with E-state index in [-0.39, 0.29) is 24.5 Å². The normalized spacial score (nSPS) is 15.5. The fraction of sp³-hybridized carbons (Fsp3) is 0.364. The third-order valence-corrected chi connectivity index (χ3v) is 4.73. The number of carbonyl (C=O) groups is 2. The van der Waals surface area contributed by atoms with Crippen LogP contribution >= 0.6 is 0 Å². The number of benzene rings is 2. The van der Waals surface area contributed by atoms with Crippen molar-refractivity contribution in [3.63, 3.8) is 0 Å². The van der Waals surface area contributed by atoms with E-state index in [1.165, 1.54) is 5.56 Å². The van der Waals surface area contributed by atoms with Crippen LogP contribution in [0.15, 0.2) is 42.5 Å². The Hall–Kier alpha value is -2.86. The van der Waals surface area contributed by atoms with Crippen LogP contribution in [0.4, 0.5) is 5.69 Å². The fourth-order valence-corrected chi connectivity index (χ4v) is 3.21. The van der Waals surface area contributed by atoms with Gasteiger partial charge in [-0.1, -0.05) is 24.3 Å². The smallest absolute Gasteiger partial charge is 0.251 e. The highest BCUT2D eigenvalue weighted by molar-refractivity contribution is 5.98. The first kappa shape index (κ1) is 19.9. The summed E-state index contributed by atoms with van der Waals surface area (Å²) in [5.41, 5.74) is 3.29. The monoisotopic (exact) mass is 381 g/mol. The van der Waals surface area contributed by atoms with Gasteiger partial charge in [0.25, 0.3) is 5.91 Å². The zero-order valence-electron chi connectivity index (χ0n) is 16.6. The van der Waals surface area contributed by atoms with Crippen LogP contribution in [-0.2, 0) is 11.2 Å². The number of hydrogen-bond donors (Lipinski definition) is 2. The third-order valence-electron chi connectivity index (χ3n) is 4.73. The third kappa shape index (κ3) is 5.10. The molecule has 0 spiro atoms. The highest BCUT2D eigenvalue weighted by atomic mass is 16.5. The zero-order chi connectivity index (χ0) is 20.1. The molecule has 0 unspecified atom stereocenters. The maximum atomic E-state index is 12.6. The van der Waals surface area contributed by atoms with Gasteiger partial charge in [-0.3, -0.25) is 9.59 Å². The molecule has 0 aromatic heterocycles. The topological polar surface area (TPSA) is 70.7 Å². The lowest BCUT2D eigenvalue weighted by molar-refractivity contribution is -0.116. The molecule has 0 fully saturated rings. The Morgan fingerprint density at radius 2 is 1.96 bits per heavy atom. The second-order valence-electron chi connectivity index (χ2n) is 7.41. The summed E-state index contributed by atoms with van der Waals surface area (Å²) in [5, 5.41) is 5.81. The molecule has 0 saturated carbocycles. The van der Waals surface area contributed by atoms with Gasteiger partial charge in [-0.2, -0.15) is 0 Å². The van der Waals surface area contributed by atoms with Gasteiger partial charge in [0, 0.05) is 11.3 Å². The molecule has 2 aromatic rings. The summed E-state index contributed by atoms with van der Waals surface area (Å²) in [6.07, 6.45) is 1.78. The number of likely N-dealkylation sites (N-methyl/N-ethyl adjacent to an activating group) is 1. The van der Waals surface area contributed by atoms with Crippen LogP contribution in [-0.4, -0.2) is 50.0 Å². The summed E-state index contributed by atoms with van der Waals surface area (Å²) in [7, 11) is 3.67. The molecule has 0 radical (unpaired) electrons. The van der Waals surface area contributed by atoms with E-state index in [2.05, 4.69) is 16.7 Å². The number of aryl methyl sites for hydroxylation is 2. The molecule has 0 saturated heterocycles. The van der Waals surface area contributed by atoms with Gasteiger partial charge in [0.1, 0.15) is 11.9 Å². The first-order valence-electron chi connectivity index (χ1n) is 9.50. The molecule has 1 aliphatic rings. The summed E-state index contributed by atoms with van der Waals surface area (Å²) in [5.74, 6) is 0.611. The van der Waals surface area contributed by atoms with E-state index in [4.69, 9.17) is 4.74 Å². The lowest BCUT2D eigenvalue weighted by Crippen LogP contribution is -2.37. The van der Waals surface area contributed by atoms with Gasteiger partial charge < -0.3 is 20.3 Å². The molecule has 2 aromatic carbocycles. The number of rotatable bonds is 6. The minimum Gasteiger partial charge on any atom is -0.488 e. The van der Waals surface area contributed by atoms with Gasteiger partial charge in [-0.25, -0.2) is 0 Å². The lowest BCUT2D eigenvalue weighted by atomic mass is 10.0. The Labute approximate surface area is 165 Å². The van der Waals surface area contributed by atoms with E-state index in [9.17, 15) is 9.59 Å². The van der Waals surface area contributed by atoms with Gasteiger partial charge in [0.15, 0.2) is 0 Å². The molecular formula is C22H27N3O3. The van der Waals surface area contributed by atoms with Gasteiger partial charge in [-0.05, 0) is 63.2 Å². The first-order chi connectivity index (χ1) is 13.4. The maximum absolute atomic E-state index is 12.6. The molecule has 2 N–H and O–H groups in total. The molecule has 1 aliphatic heterocycles. The van der Waals surface area contributed by atoms with Crippen molar-refractivity contribution in [3.8, 4) is 5.75 Å². The summed E-state index contributed by atoms with van der Waals surface area (Å²) < 4.78 is 5.97. The number of anilines is 1. The SMILES string of the molecule is Cc1ccc(C(=O)NC[C@H]2CCc3ccccc3O2)cc1NC(=O)CN(C)C. The quantitative estimate of drug-likeness (QED) is 0.807. The number of ether oxygens (including phenoxy) is 1. The molecule has 0 aliphatic carbocycles. The number of nitrogens with zero attached hydrogens (tertiary/aromatic N) is 1. The average Bonchev–Trinajstić information content (AvgIpc) is 2.67. The zero-order valence-corrected chi connectivity index (χ0v) is 16.6. The van der Waals surface area contributed by atoms with Crippen molar-refractivity contribution in [2.75, 3.05) is 32.5 Å². The molecular weight excluding hydrogens is 354 g/mol. The highest BCUT2D eigenvalue weighted by Crippen LogP contribution is 2.26. The van der Waals surface area contributed by atoms with Crippen LogP contribution in [0.1, 0.15) is 27.9 Å². The summed E-state index contributed by atoms with van der Waals surface area (Å²) in [6, 6.07) is 13.3. The molecule has 1 atom stereocenters. The van der Waals surface area contributed by atoms with Crippen LogP contribution < -0.4 is 15.4 Å². The molecule has 6 heteroatoms. The van der Waals surface area contributed by atoms with Crippen LogP contribution in [0, 0.1) is 6.92 Å². The summed E-state index contributed by atoms with van der Waals surface area (Å²) in [6.45, 7) is 2.64. The van der Waals surface area contributed by atoms with E-state index in [0.29, 0.717) is 17.8 Å². The van der Waals surface area contributed by atoms with Crippen LogP contribution in [0.25, 0.3) is 0 Å². The van der Waals surface area contributed by atoms with Crippen LogP contribution in [0.3, 0.4) is 0 Å². The number of fused-ring (bicyclic) bond motifs is 1. The number of carbonyl (C=O) groups excluding carboxylic acids is 2. The molecule has 6 nitrogen and oxygen atoms in total. The lowest BCUT2D eigenvalue weighted by Gasteiger charge is -2.26. The van der Waals surface area contributed by atoms with Crippen molar-refractivity contribution in [1.29, 1.82) is 0 Å². The van der Waals surface area contributed by atoms with E-state index < -0.39 is 0 Å². The van der Waals surface area contributed by atoms with Crippen LogP contribution in [0.2, 0.25) is 0 Å². The fourth-order valence-electron chi connectivity index (χ4n) is 3.21. The maximum Gasteiger partial charge on any atom is 0.251 e. The molecule has 28 heavy (non-hydrogen) atoms. The standard InChI is InChI=1S/C22H27N3O3/c1-15-8-9-17(12-19(15)24-21(26)14-25(2)3)22(27)23-13-18-11-10-16-6-4-5-7-20(16)28-18/h4-9,12,18H,10-11,13-14H2,1-3H3,(H,23,27)(H,24,26)/t18-/m1/s1. The number of nitrogens with one attached hydrogen (secondary N) is 2. The molecule has 1 heterocycles. The van der Waals surface area contributed by atoms with E-state index in [0.717, 1.165) is 24.2 Å². The second-order valence-corrected chi connectivity index (χ2v) is 7.41.